The maximum Gasteiger partial charge on any atom is 0.277 e. The Bertz CT molecular complexity index is 1190. The highest BCUT2D eigenvalue weighted by Crippen LogP contribution is 2.39. The first-order chi connectivity index (χ1) is 17.1. The highest BCUT2D eigenvalue weighted by molar-refractivity contribution is 6.41. The van der Waals surface area contributed by atoms with E-state index in [9.17, 15) is 14.7 Å². The Balaban J connectivity index is 1.83. The van der Waals surface area contributed by atoms with Crippen molar-refractivity contribution in [2.24, 2.45) is 20.7 Å². The summed E-state index contributed by atoms with van der Waals surface area (Å²) in [5.74, 6) is -0.159. The van der Waals surface area contributed by atoms with Crippen molar-refractivity contribution in [3.63, 3.8) is 0 Å². The molecule has 0 aromatic carbocycles. The Hall–Kier alpha value is -4.19. The summed E-state index contributed by atoms with van der Waals surface area (Å²) in [5.41, 5.74) is 5.99. The number of hydrogen-bond acceptors (Lipinski definition) is 9. The zero-order chi connectivity index (χ0) is 26.3. The normalized spacial score (nSPS) is 16.4. The van der Waals surface area contributed by atoms with Gasteiger partial charge < -0.3 is 26.8 Å². The molecule has 1 aromatic heterocycles. The van der Waals surface area contributed by atoms with E-state index in [0.29, 0.717) is 17.2 Å². The van der Waals surface area contributed by atoms with E-state index in [1.54, 1.807) is 27.0 Å². The topological polar surface area (TPSA) is 179 Å². The highest BCUT2D eigenvalue weighted by atomic mass is 16.3. The highest BCUT2D eigenvalue weighted by Gasteiger charge is 2.28. The van der Waals surface area contributed by atoms with E-state index < -0.39 is 17.4 Å². The van der Waals surface area contributed by atoms with E-state index >= 15 is 0 Å². The SMILES string of the molecule is C=C/C(=C\N=CN)Nc1ncc(C2CC2)nc1C(=O)NC1=CN=C(C)N=C(C(=O)NCC(C)(C)O)C1. The monoisotopic (exact) mass is 493 g/mol. The van der Waals surface area contributed by atoms with Gasteiger partial charge in [-0.1, -0.05) is 6.58 Å². The Kier molecular flexibility index (Phi) is 8.43. The number of amides is 2. The summed E-state index contributed by atoms with van der Waals surface area (Å²) < 4.78 is 0. The molecular weight excluding hydrogens is 462 g/mol. The van der Waals surface area contributed by atoms with Crippen molar-refractivity contribution >= 4 is 35.5 Å². The van der Waals surface area contributed by atoms with Crippen LogP contribution in [0.1, 0.15) is 62.1 Å². The lowest BCUT2D eigenvalue weighted by Gasteiger charge is -2.18. The predicted molar refractivity (Wildman–Crippen MR) is 139 cm³/mol. The second-order valence-corrected chi connectivity index (χ2v) is 8.99. The van der Waals surface area contributed by atoms with Crippen LogP contribution in [0.25, 0.3) is 0 Å². The van der Waals surface area contributed by atoms with Gasteiger partial charge in [-0.3, -0.25) is 9.59 Å². The summed E-state index contributed by atoms with van der Waals surface area (Å²) in [5, 5.41) is 18.3. The Morgan fingerprint density at radius 2 is 2.06 bits per heavy atom. The minimum Gasteiger partial charge on any atom is -0.390 e. The van der Waals surface area contributed by atoms with Gasteiger partial charge in [-0.05, 0) is 39.7 Å². The van der Waals surface area contributed by atoms with Crippen LogP contribution >= 0.6 is 0 Å². The molecule has 12 nitrogen and oxygen atoms in total. The molecular formula is C24H31N9O3. The van der Waals surface area contributed by atoms with E-state index in [1.807, 2.05) is 0 Å². The first-order valence-electron chi connectivity index (χ1n) is 11.4. The number of nitrogens with zero attached hydrogens (tertiary/aromatic N) is 5. The average Bonchev–Trinajstić information content (AvgIpc) is 3.69. The van der Waals surface area contributed by atoms with Gasteiger partial charge in [-0.15, -0.1) is 0 Å². The minimum atomic E-state index is -1.08. The van der Waals surface area contributed by atoms with E-state index in [4.69, 9.17) is 5.73 Å². The smallest absolute Gasteiger partial charge is 0.277 e. The number of anilines is 1. The summed E-state index contributed by atoms with van der Waals surface area (Å²) in [6, 6.07) is 0. The molecule has 1 aromatic rings. The predicted octanol–water partition coefficient (Wildman–Crippen LogP) is 1.50. The fourth-order valence-electron chi connectivity index (χ4n) is 3.10. The molecule has 0 atom stereocenters. The number of aliphatic hydroxyl groups is 1. The lowest BCUT2D eigenvalue weighted by molar-refractivity contribution is -0.115. The first kappa shape index (κ1) is 26.4. The molecule has 1 fully saturated rings. The van der Waals surface area contributed by atoms with Crippen LogP contribution in [-0.2, 0) is 4.79 Å². The van der Waals surface area contributed by atoms with Gasteiger partial charge in [0, 0.05) is 30.8 Å². The van der Waals surface area contributed by atoms with E-state index in [1.165, 1.54) is 18.5 Å². The molecule has 6 N–H and O–H groups in total. The van der Waals surface area contributed by atoms with Crippen LogP contribution in [0.4, 0.5) is 5.82 Å². The molecule has 3 rings (SSSR count). The van der Waals surface area contributed by atoms with Crippen LogP contribution in [0.3, 0.4) is 0 Å². The van der Waals surface area contributed by atoms with Crippen molar-refractivity contribution in [1.29, 1.82) is 0 Å². The number of allylic oxidation sites excluding steroid dienone is 2. The van der Waals surface area contributed by atoms with Gasteiger partial charge in [-0.25, -0.2) is 24.9 Å². The first-order valence-corrected chi connectivity index (χ1v) is 11.4. The number of aromatic nitrogens is 2. The third-order valence-electron chi connectivity index (χ3n) is 5.06. The molecule has 0 saturated heterocycles. The van der Waals surface area contributed by atoms with E-state index in [0.717, 1.165) is 24.9 Å². The minimum absolute atomic E-state index is 0.0196. The molecule has 0 spiro atoms. The number of carbonyl (C=O) groups is 2. The molecule has 190 valence electrons. The molecule has 1 saturated carbocycles. The van der Waals surface area contributed by atoms with Gasteiger partial charge >= 0.3 is 0 Å². The van der Waals surface area contributed by atoms with Gasteiger partial charge in [0.15, 0.2) is 11.5 Å². The van der Waals surface area contributed by atoms with E-state index in [2.05, 4.69) is 47.5 Å². The van der Waals surface area contributed by atoms with Crippen LogP contribution in [0.15, 0.2) is 57.6 Å². The van der Waals surface area contributed by atoms with Crippen LogP contribution in [0.5, 0.6) is 0 Å². The van der Waals surface area contributed by atoms with E-state index in [-0.39, 0.29) is 36.1 Å². The molecule has 0 radical (unpaired) electrons. The van der Waals surface area contributed by atoms with Crippen LogP contribution < -0.4 is 21.7 Å². The maximum atomic E-state index is 13.3. The average molecular weight is 494 g/mol. The van der Waals surface area contributed by atoms with Crippen molar-refractivity contribution in [2.45, 2.75) is 51.6 Å². The lowest BCUT2D eigenvalue weighted by Crippen LogP contribution is -2.42. The van der Waals surface area contributed by atoms with Gasteiger partial charge in [0.25, 0.3) is 11.8 Å². The summed E-state index contributed by atoms with van der Waals surface area (Å²) in [6.07, 6.45) is 9.15. The number of amidine groups is 1. The Labute approximate surface area is 209 Å². The number of rotatable bonds is 10. The largest absolute Gasteiger partial charge is 0.390 e. The molecule has 1 aliphatic heterocycles. The third-order valence-corrected chi connectivity index (χ3v) is 5.06. The number of hydrogen-bond donors (Lipinski definition) is 5. The number of nitrogens with two attached hydrogens (primary N) is 1. The Morgan fingerprint density at radius 1 is 1.31 bits per heavy atom. The quantitative estimate of drug-likeness (QED) is 0.186. The van der Waals surface area contributed by atoms with Crippen molar-refractivity contribution in [3.05, 3.63) is 54.0 Å². The molecule has 0 bridgehead atoms. The second kappa shape index (κ2) is 11.5. The summed E-state index contributed by atoms with van der Waals surface area (Å²) in [7, 11) is 0. The fraction of sp³-hybridized carbons (Fsp3) is 0.375. The number of aliphatic imine (C=N–C) groups is 3. The van der Waals surface area contributed by atoms with Gasteiger partial charge in [-0.2, -0.15) is 0 Å². The van der Waals surface area contributed by atoms with Gasteiger partial charge in [0.1, 0.15) is 11.5 Å². The summed E-state index contributed by atoms with van der Waals surface area (Å²) >= 11 is 0. The van der Waals surface area contributed by atoms with Crippen molar-refractivity contribution in [3.8, 4) is 0 Å². The summed E-state index contributed by atoms with van der Waals surface area (Å²) in [6.45, 7) is 8.57. The molecule has 1 aliphatic carbocycles. The van der Waals surface area contributed by atoms with Crippen LogP contribution in [-0.4, -0.2) is 56.9 Å². The molecule has 0 unspecified atom stereocenters. The summed E-state index contributed by atoms with van der Waals surface area (Å²) in [4.78, 5) is 47.2. The molecule has 12 heteroatoms. The molecule has 2 amide bonds. The zero-order valence-corrected chi connectivity index (χ0v) is 20.6. The van der Waals surface area contributed by atoms with Crippen molar-refractivity contribution < 1.29 is 14.7 Å². The maximum absolute atomic E-state index is 13.3. The van der Waals surface area contributed by atoms with Crippen molar-refractivity contribution in [1.82, 2.24) is 20.6 Å². The number of nitrogens with one attached hydrogen (secondary N) is 3. The van der Waals surface area contributed by atoms with Crippen LogP contribution in [0, 0.1) is 0 Å². The molecule has 2 aliphatic rings. The zero-order valence-electron chi connectivity index (χ0n) is 20.6. The fourth-order valence-corrected chi connectivity index (χ4v) is 3.10. The van der Waals surface area contributed by atoms with Crippen LogP contribution in [0.2, 0.25) is 0 Å². The standard InChI is InChI=1S/C24H31N9O3/c1-5-16(9-26-13-25)31-21-20(33-19(11-28-21)15-6-7-15)23(35)32-17-8-18(30-14(2)27-10-17)22(34)29-12-24(3,4)36/h5,9-11,13,15,36H,1,6-8,12H2,2-4H3,(H2,25,26)(H,28,31)(H,29,34)(H,32,35)/b16-9+. The lowest BCUT2D eigenvalue weighted by atomic mass is 10.1. The molecule has 36 heavy (non-hydrogen) atoms. The van der Waals surface area contributed by atoms with Gasteiger partial charge in [0.05, 0.1) is 35.7 Å². The molecule has 2 heterocycles. The van der Waals surface area contributed by atoms with Gasteiger partial charge in [0.2, 0.25) is 0 Å². The van der Waals surface area contributed by atoms with Crippen molar-refractivity contribution in [2.75, 3.05) is 11.9 Å². The Morgan fingerprint density at radius 3 is 2.69 bits per heavy atom. The second-order valence-electron chi connectivity index (χ2n) is 8.99. The third kappa shape index (κ3) is 7.67. The number of carbonyl (C=O) groups excluding carboxylic acids is 2.